The number of phenolic OH excluding ortho intramolecular Hbond substituents is 1. The first-order valence-electron chi connectivity index (χ1n) is 6.33. The van der Waals surface area contributed by atoms with Crippen LogP contribution >= 0.6 is 0 Å². The lowest BCUT2D eigenvalue weighted by atomic mass is 10.2. The summed E-state index contributed by atoms with van der Waals surface area (Å²) in [6.45, 7) is 0.527. The Balaban J connectivity index is 2.01. The van der Waals surface area contributed by atoms with Crippen molar-refractivity contribution >= 4 is 11.5 Å². The summed E-state index contributed by atoms with van der Waals surface area (Å²) < 4.78 is 5.05. The number of ether oxygens (including phenoxy) is 1. The van der Waals surface area contributed by atoms with Gasteiger partial charge in [0.2, 0.25) is 0 Å². The fourth-order valence-electron chi connectivity index (χ4n) is 1.77. The average Bonchev–Trinajstić information content (AvgIpc) is 2.46. The maximum Gasteiger partial charge on any atom is 0.128 e. The zero-order chi connectivity index (χ0) is 14.5. The van der Waals surface area contributed by atoms with Crippen LogP contribution < -0.4 is 15.0 Å². The molecule has 106 valence electrons. The predicted molar refractivity (Wildman–Crippen MR) is 80.5 cm³/mol. The standard InChI is InChI=1S/C15H19N3O2/c1-18(2)15-7-5-12(10-17-15)16-9-11-4-6-13(20-3)8-14(11)19/h4-8,10,16,19H,9H2,1-3H3. The number of phenols is 1. The highest BCUT2D eigenvalue weighted by molar-refractivity contribution is 5.49. The molecule has 1 aromatic carbocycles. The lowest BCUT2D eigenvalue weighted by Crippen LogP contribution is -2.10. The molecule has 1 heterocycles. The van der Waals surface area contributed by atoms with E-state index in [1.807, 2.05) is 43.3 Å². The molecule has 0 atom stereocenters. The van der Waals surface area contributed by atoms with E-state index >= 15 is 0 Å². The molecule has 5 nitrogen and oxygen atoms in total. The predicted octanol–water partition coefficient (Wildman–Crippen LogP) is 2.47. The minimum Gasteiger partial charge on any atom is -0.507 e. The number of aromatic nitrogens is 1. The maximum absolute atomic E-state index is 9.88. The summed E-state index contributed by atoms with van der Waals surface area (Å²) in [5.41, 5.74) is 1.72. The Hall–Kier alpha value is -2.43. The van der Waals surface area contributed by atoms with E-state index in [0.29, 0.717) is 12.3 Å². The van der Waals surface area contributed by atoms with E-state index in [4.69, 9.17) is 4.74 Å². The SMILES string of the molecule is COc1ccc(CNc2ccc(N(C)C)nc2)c(O)c1. The summed E-state index contributed by atoms with van der Waals surface area (Å²) >= 11 is 0. The van der Waals surface area contributed by atoms with Gasteiger partial charge in [-0.2, -0.15) is 0 Å². The van der Waals surface area contributed by atoms with Crippen LogP contribution in [0.2, 0.25) is 0 Å². The minimum atomic E-state index is 0.217. The molecule has 5 heteroatoms. The van der Waals surface area contributed by atoms with Crippen LogP contribution in [0.25, 0.3) is 0 Å². The quantitative estimate of drug-likeness (QED) is 0.876. The Labute approximate surface area is 118 Å². The van der Waals surface area contributed by atoms with Crippen LogP contribution in [-0.2, 0) is 6.54 Å². The molecule has 20 heavy (non-hydrogen) atoms. The maximum atomic E-state index is 9.88. The summed E-state index contributed by atoms with van der Waals surface area (Å²) in [6, 6.07) is 9.16. The van der Waals surface area contributed by atoms with Crippen molar-refractivity contribution in [1.82, 2.24) is 4.98 Å². The number of rotatable bonds is 5. The van der Waals surface area contributed by atoms with E-state index in [-0.39, 0.29) is 5.75 Å². The van der Waals surface area contributed by atoms with Crippen molar-refractivity contribution in [3.8, 4) is 11.5 Å². The largest absolute Gasteiger partial charge is 0.507 e. The second-order valence-electron chi connectivity index (χ2n) is 4.65. The molecule has 0 aliphatic heterocycles. The molecule has 0 fully saturated rings. The van der Waals surface area contributed by atoms with Crippen molar-refractivity contribution in [2.24, 2.45) is 0 Å². The number of hydrogen-bond acceptors (Lipinski definition) is 5. The first-order valence-corrected chi connectivity index (χ1v) is 6.33. The molecule has 0 saturated heterocycles. The van der Waals surface area contributed by atoms with E-state index in [0.717, 1.165) is 17.1 Å². The Morgan fingerprint density at radius 1 is 1.25 bits per heavy atom. The van der Waals surface area contributed by atoms with Crippen molar-refractivity contribution in [2.75, 3.05) is 31.4 Å². The Morgan fingerprint density at radius 3 is 2.60 bits per heavy atom. The van der Waals surface area contributed by atoms with Gasteiger partial charge in [-0.25, -0.2) is 4.98 Å². The molecular weight excluding hydrogens is 254 g/mol. The van der Waals surface area contributed by atoms with Gasteiger partial charge in [0.05, 0.1) is 19.0 Å². The number of nitrogens with one attached hydrogen (secondary N) is 1. The summed E-state index contributed by atoms with van der Waals surface area (Å²) in [5.74, 6) is 1.76. The first-order chi connectivity index (χ1) is 9.60. The van der Waals surface area contributed by atoms with Gasteiger partial charge >= 0.3 is 0 Å². The van der Waals surface area contributed by atoms with Crippen LogP contribution in [0.3, 0.4) is 0 Å². The van der Waals surface area contributed by atoms with Crippen molar-refractivity contribution in [3.63, 3.8) is 0 Å². The van der Waals surface area contributed by atoms with E-state index < -0.39 is 0 Å². The second kappa shape index (κ2) is 6.14. The Kier molecular flexibility index (Phi) is 4.30. The van der Waals surface area contributed by atoms with Gasteiger partial charge in [-0.1, -0.05) is 0 Å². The van der Waals surface area contributed by atoms with Crippen molar-refractivity contribution in [3.05, 3.63) is 42.1 Å². The van der Waals surface area contributed by atoms with E-state index in [9.17, 15) is 5.11 Å². The molecule has 0 bridgehead atoms. The zero-order valence-corrected chi connectivity index (χ0v) is 11.9. The summed E-state index contributed by atoms with van der Waals surface area (Å²) in [4.78, 5) is 6.26. The smallest absolute Gasteiger partial charge is 0.128 e. The van der Waals surface area contributed by atoms with E-state index in [1.165, 1.54) is 0 Å². The number of pyridine rings is 1. The van der Waals surface area contributed by atoms with Crippen LogP contribution in [0, 0.1) is 0 Å². The molecular formula is C15H19N3O2. The third kappa shape index (κ3) is 3.32. The summed E-state index contributed by atoms with van der Waals surface area (Å²) in [5, 5.41) is 13.1. The molecule has 0 amide bonds. The van der Waals surface area contributed by atoms with Crippen LogP contribution in [0.5, 0.6) is 11.5 Å². The van der Waals surface area contributed by atoms with Crippen molar-refractivity contribution in [1.29, 1.82) is 0 Å². The second-order valence-corrected chi connectivity index (χ2v) is 4.65. The first kappa shape index (κ1) is 14.0. The number of anilines is 2. The Morgan fingerprint density at radius 2 is 2.05 bits per heavy atom. The third-order valence-corrected chi connectivity index (χ3v) is 2.98. The number of aromatic hydroxyl groups is 1. The van der Waals surface area contributed by atoms with Gasteiger partial charge in [0, 0.05) is 32.3 Å². The molecule has 1 aromatic heterocycles. The normalized spacial score (nSPS) is 10.2. The van der Waals surface area contributed by atoms with Gasteiger partial charge < -0.3 is 20.1 Å². The van der Waals surface area contributed by atoms with Crippen LogP contribution in [-0.4, -0.2) is 31.3 Å². The highest BCUT2D eigenvalue weighted by Gasteiger charge is 2.03. The summed E-state index contributed by atoms with van der Waals surface area (Å²) in [6.07, 6.45) is 1.77. The zero-order valence-electron chi connectivity index (χ0n) is 11.9. The van der Waals surface area contributed by atoms with Gasteiger partial charge in [-0.15, -0.1) is 0 Å². The topological polar surface area (TPSA) is 57.6 Å². The molecule has 2 aromatic rings. The van der Waals surface area contributed by atoms with Gasteiger partial charge in [-0.05, 0) is 24.3 Å². The molecule has 0 aliphatic rings. The number of benzene rings is 1. The van der Waals surface area contributed by atoms with E-state index in [2.05, 4.69) is 10.3 Å². The minimum absolute atomic E-state index is 0.217. The number of nitrogens with zero attached hydrogens (tertiary/aromatic N) is 2. The van der Waals surface area contributed by atoms with Gasteiger partial charge in [0.25, 0.3) is 0 Å². The molecule has 0 saturated carbocycles. The highest BCUT2D eigenvalue weighted by atomic mass is 16.5. The van der Waals surface area contributed by atoms with Crippen LogP contribution in [0.15, 0.2) is 36.5 Å². The molecule has 2 N–H and O–H groups in total. The van der Waals surface area contributed by atoms with Gasteiger partial charge in [0.1, 0.15) is 17.3 Å². The van der Waals surface area contributed by atoms with Crippen LogP contribution in [0.4, 0.5) is 11.5 Å². The van der Waals surface area contributed by atoms with Crippen molar-refractivity contribution in [2.45, 2.75) is 6.54 Å². The fraction of sp³-hybridized carbons (Fsp3) is 0.267. The van der Waals surface area contributed by atoms with Gasteiger partial charge in [-0.3, -0.25) is 0 Å². The van der Waals surface area contributed by atoms with E-state index in [1.54, 1.807) is 19.4 Å². The molecule has 2 rings (SSSR count). The molecule has 0 radical (unpaired) electrons. The summed E-state index contributed by atoms with van der Waals surface area (Å²) in [7, 11) is 5.47. The average molecular weight is 273 g/mol. The molecule has 0 spiro atoms. The van der Waals surface area contributed by atoms with Crippen LogP contribution in [0.1, 0.15) is 5.56 Å². The lowest BCUT2D eigenvalue weighted by Gasteiger charge is -2.12. The number of methoxy groups -OCH3 is 1. The number of hydrogen-bond donors (Lipinski definition) is 2. The van der Waals surface area contributed by atoms with Gasteiger partial charge in [0.15, 0.2) is 0 Å². The molecule has 0 aliphatic carbocycles. The molecule has 0 unspecified atom stereocenters. The lowest BCUT2D eigenvalue weighted by molar-refractivity contribution is 0.406. The highest BCUT2D eigenvalue weighted by Crippen LogP contribution is 2.24. The Bertz CT molecular complexity index is 568. The van der Waals surface area contributed by atoms with Crippen molar-refractivity contribution < 1.29 is 9.84 Å². The fourth-order valence-corrected chi connectivity index (χ4v) is 1.77. The monoisotopic (exact) mass is 273 g/mol. The third-order valence-electron chi connectivity index (χ3n) is 2.98.